The summed E-state index contributed by atoms with van der Waals surface area (Å²) in [6.45, 7) is -0.559. The summed E-state index contributed by atoms with van der Waals surface area (Å²) in [4.78, 5) is 21.9. The molecule has 0 bridgehead atoms. The molecule has 6 nitrogen and oxygen atoms in total. The molecule has 1 aromatic rings. The molecule has 3 N–H and O–H groups in total. The van der Waals surface area contributed by atoms with Crippen LogP contribution in [0.15, 0.2) is 24.3 Å². The minimum atomic E-state index is -1.74. The molecular weight excluding hydrogens is 239 g/mol. The van der Waals surface area contributed by atoms with Crippen molar-refractivity contribution in [3.05, 3.63) is 35.4 Å². The quantitative estimate of drug-likeness (QED) is 0.298. The second-order valence-corrected chi connectivity index (χ2v) is 2.97. The molecule has 1 aromatic carbocycles. The van der Waals surface area contributed by atoms with Gasteiger partial charge in [0.2, 0.25) is 0 Å². The molecule has 88 valence electrons. The summed E-state index contributed by atoms with van der Waals surface area (Å²) < 4.78 is 4.49. The Bertz CT molecular complexity index is 409. The zero-order valence-corrected chi connectivity index (χ0v) is 11.2. The zero-order valence-electron chi connectivity index (χ0n) is 10.2. The topological polar surface area (TPSA) is 104 Å². The summed E-state index contributed by atoms with van der Waals surface area (Å²) in [5, 5.41) is 25.6. The van der Waals surface area contributed by atoms with Gasteiger partial charge < -0.3 is 21.5 Å². The number of ether oxygens (including phenoxy) is 1. The Morgan fingerprint density at radius 1 is 1.29 bits per heavy atom. The van der Waals surface area contributed by atoms with Crippen molar-refractivity contribution in [3.63, 3.8) is 0 Å². The number of hydrogen-bond acceptors (Lipinski definition) is 5. The van der Waals surface area contributed by atoms with Crippen LogP contribution >= 0.6 is 0 Å². The van der Waals surface area contributed by atoms with Crippen molar-refractivity contribution >= 4 is 11.9 Å². The third kappa shape index (κ3) is 5.29. The Balaban J connectivity index is 0. The smallest absolute Gasteiger partial charge is 1.00 e. The predicted octanol–water partition coefficient (Wildman–Crippen LogP) is -3.03. The molecule has 0 saturated heterocycles. The molecule has 0 fully saturated rings. The molecule has 0 radical (unpaired) electrons. The Hall–Kier alpha value is -0.920. The van der Waals surface area contributed by atoms with Crippen LogP contribution in [-0.2, 0) is 4.74 Å². The van der Waals surface area contributed by atoms with Crippen LogP contribution in [0.25, 0.3) is 0 Å². The van der Waals surface area contributed by atoms with Gasteiger partial charge in [0.05, 0.1) is 11.1 Å². The number of carbonyl (C=O) groups excluding carboxylic acids is 1. The molecule has 0 aromatic heterocycles. The van der Waals surface area contributed by atoms with Crippen LogP contribution in [0.3, 0.4) is 0 Å². The van der Waals surface area contributed by atoms with Crippen LogP contribution in [0, 0.1) is 0 Å². The van der Waals surface area contributed by atoms with Crippen molar-refractivity contribution in [3.8, 4) is 0 Å². The second-order valence-electron chi connectivity index (χ2n) is 2.97. The van der Waals surface area contributed by atoms with Crippen molar-refractivity contribution in [2.45, 2.75) is 6.29 Å². The van der Waals surface area contributed by atoms with E-state index in [9.17, 15) is 9.59 Å². The third-order valence-electron chi connectivity index (χ3n) is 1.71. The molecular formula is C10H11NaO6. The van der Waals surface area contributed by atoms with Crippen molar-refractivity contribution < 1.29 is 60.6 Å². The van der Waals surface area contributed by atoms with Gasteiger partial charge in [0.15, 0.2) is 6.29 Å². The standard InChI is InChI=1S/C10H10O6.Na.H/c11-8(12)5-16-10(15)7-3-1-2-6(4-7)9(13)14;;/h1-4,8,11-12H,5H2,(H,13,14);;/q;+1;-1. The van der Waals surface area contributed by atoms with Gasteiger partial charge in [-0.2, -0.15) is 0 Å². The van der Waals surface area contributed by atoms with Gasteiger partial charge in [-0.3, -0.25) is 0 Å². The summed E-state index contributed by atoms with van der Waals surface area (Å²) in [6, 6.07) is 5.25. The summed E-state index contributed by atoms with van der Waals surface area (Å²) in [5.41, 5.74) is -0.000420. The van der Waals surface area contributed by atoms with Gasteiger partial charge in [0.1, 0.15) is 6.61 Å². The molecule has 17 heavy (non-hydrogen) atoms. The van der Waals surface area contributed by atoms with E-state index in [1.165, 1.54) is 18.2 Å². The van der Waals surface area contributed by atoms with Crippen LogP contribution in [-0.4, -0.2) is 40.2 Å². The SMILES string of the molecule is O=C(O)c1cccc(C(=O)OCC(O)O)c1.[H-].[Na+]. The van der Waals surface area contributed by atoms with Gasteiger partial charge in [0, 0.05) is 0 Å². The zero-order chi connectivity index (χ0) is 12.1. The number of rotatable bonds is 4. The van der Waals surface area contributed by atoms with Gasteiger partial charge in [-0.05, 0) is 18.2 Å². The number of benzene rings is 1. The maximum atomic E-state index is 11.3. The molecule has 0 atom stereocenters. The van der Waals surface area contributed by atoms with E-state index in [4.69, 9.17) is 15.3 Å². The number of aliphatic hydroxyl groups excluding tert-OH is 1. The van der Waals surface area contributed by atoms with E-state index in [1.807, 2.05) is 0 Å². The minimum absolute atomic E-state index is 0. The fourth-order valence-corrected chi connectivity index (χ4v) is 1.01. The summed E-state index contributed by atoms with van der Waals surface area (Å²) in [6.07, 6.45) is -1.74. The monoisotopic (exact) mass is 250 g/mol. The van der Waals surface area contributed by atoms with E-state index in [0.717, 1.165) is 6.07 Å². The number of esters is 1. The van der Waals surface area contributed by atoms with Gasteiger partial charge in [-0.1, -0.05) is 6.07 Å². The van der Waals surface area contributed by atoms with Crippen molar-refractivity contribution in [2.75, 3.05) is 6.61 Å². The second kappa shape index (κ2) is 7.41. The minimum Gasteiger partial charge on any atom is -1.00 e. The number of hydrogen-bond donors (Lipinski definition) is 3. The van der Waals surface area contributed by atoms with Crippen LogP contribution in [0.1, 0.15) is 22.1 Å². The Morgan fingerprint density at radius 2 is 1.88 bits per heavy atom. The first-order chi connectivity index (χ1) is 7.50. The maximum absolute atomic E-state index is 11.3. The number of carboxylic acids is 1. The molecule has 0 aliphatic heterocycles. The van der Waals surface area contributed by atoms with Crippen molar-refractivity contribution in [1.29, 1.82) is 0 Å². The molecule has 0 unspecified atom stereocenters. The normalized spacial score (nSPS) is 9.59. The first kappa shape index (κ1) is 16.1. The van der Waals surface area contributed by atoms with E-state index >= 15 is 0 Å². The average Bonchev–Trinajstić information content (AvgIpc) is 2.26. The summed E-state index contributed by atoms with van der Waals surface area (Å²) in [7, 11) is 0. The van der Waals surface area contributed by atoms with Gasteiger partial charge >= 0.3 is 41.5 Å². The van der Waals surface area contributed by atoms with Crippen LogP contribution in [0.4, 0.5) is 0 Å². The van der Waals surface area contributed by atoms with Gasteiger partial charge in [-0.15, -0.1) is 0 Å². The molecule has 1 rings (SSSR count). The van der Waals surface area contributed by atoms with Crippen LogP contribution < -0.4 is 29.6 Å². The number of aromatic carboxylic acids is 1. The molecule has 0 saturated carbocycles. The Morgan fingerprint density at radius 3 is 2.41 bits per heavy atom. The van der Waals surface area contributed by atoms with E-state index in [2.05, 4.69) is 4.74 Å². The number of carbonyl (C=O) groups is 2. The van der Waals surface area contributed by atoms with E-state index in [1.54, 1.807) is 0 Å². The van der Waals surface area contributed by atoms with Crippen molar-refractivity contribution in [1.82, 2.24) is 0 Å². The maximum Gasteiger partial charge on any atom is 1.00 e. The fourth-order valence-electron chi connectivity index (χ4n) is 1.01. The number of carboxylic acid groups (broad SMARTS) is 1. The van der Waals surface area contributed by atoms with Crippen LogP contribution in [0.2, 0.25) is 0 Å². The number of aliphatic hydroxyl groups is 2. The van der Waals surface area contributed by atoms with Gasteiger partial charge in [0.25, 0.3) is 0 Å². The molecule has 0 aliphatic rings. The summed E-state index contributed by atoms with van der Waals surface area (Å²) >= 11 is 0. The van der Waals surface area contributed by atoms with Crippen LogP contribution in [0.5, 0.6) is 0 Å². The van der Waals surface area contributed by atoms with E-state index in [-0.39, 0.29) is 42.1 Å². The van der Waals surface area contributed by atoms with E-state index < -0.39 is 24.8 Å². The fraction of sp³-hybridized carbons (Fsp3) is 0.200. The summed E-state index contributed by atoms with van der Waals surface area (Å²) in [5.74, 6) is -1.96. The Labute approximate surface area is 121 Å². The molecule has 0 amide bonds. The van der Waals surface area contributed by atoms with Crippen molar-refractivity contribution in [2.24, 2.45) is 0 Å². The molecule has 0 heterocycles. The molecule has 0 aliphatic carbocycles. The molecule has 0 spiro atoms. The third-order valence-corrected chi connectivity index (χ3v) is 1.71. The largest absolute Gasteiger partial charge is 1.00 e. The first-order valence-corrected chi connectivity index (χ1v) is 4.37. The first-order valence-electron chi connectivity index (χ1n) is 4.37. The predicted molar refractivity (Wildman–Crippen MR) is 53.0 cm³/mol. The van der Waals surface area contributed by atoms with Gasteiger partial charge in [-0.25, -0.2) is 9.59 Å². The molecule has 7 heteroatoms. The Kier molecular flexibility index (Phi) is 7.01. The average molecular weight is 250 g/mol. The van der Waals surface area contributed by atoms with E-state index in [0.29, 0.717) is 0 Å².